The van der Waals surface area contributed by atoms with Crippen LogP contribution in [0, 0.1) is 17.0 Å². The van der Waals surface area contributed by atoms with Crippen LogP contribution in [-0.2, 0) is 21.4 Å². The van der Waals surface area contributed by atoms with Crippen LogP contribution in [0.2, 0.25) is 0 Å². The molecule has 1 aliphatic carbocycles. The molecule has 3 N–H and O–H groups in total. The molecule has 4 rings (SSSR count). The van der Waals surface area contributed by atoms with E-state index >= 15 is 0 Å². The summed E-state index contributed by atoms with van der Waals surface area (Å²) in [4.78, 5) is 26.4. The molecular weight excluding hydrogens is 516 g/mol. The van der Waals surface area contributed by atoms with Gasteiger partial charge < -0.3 is 10.6 Å². The second kappa shape index (κ2) is 10.8. The molecular formula is C26H31F2N5O4S. The Morgan fingerprint density at radius 2 is 1.76 bits per heavy atom. The summed E-state index contributed by atoms with van der Waals surface area (Å²) in [5.41, 5.74) is 0.0168. The van der Waals surface area contributed by atoms with E-state index in [1.807, 2.05) is 0 Å². The zero-order valence-electron chi connectivity index (χ0n) is 21.4. The van der Waals surface area contributed by atoms with E-state index in [0.29, 0.717) is 18.4 Å². The predicted molar refractivity (Wildman–Crippen MR) is 139 cm³/mol. The van der Waals surface area contributed by atoms with Gasteiger partial charge in [-0.15, -0.1) is 0 Å². The molecule has 3 aromatic rings. The fourth-order valence-corrected chi connectivity index (χ4v) is 5.47. The summed E-state index contributed by atoms with van der Waals surface area (Å²) < 4.78 is 55.9. The predicted octanol–water partition coefficient (Wildman–Crippen LogP) is 2.71. The highest BCUT2D eigenvalue weighted by Gasteiger charge is 2.36. The van der Waals surface area contributed by atoms with Gasteiger partial charge in [0, 0.05) is 18.5 Å². The van der Waals surface area contributed by atoms with Gasteiger partial charge in [-0.1, -0.05) is 45.0 Å². The lowest BCUT2D eigenvalue weighted by Gasteiger charge is -2.30. The summed E-state index contributed by atoms with van der Waals surface area (Å²) >= 11 is 0. The Labute approximate surface area is 220 Å². The number of amides is 2. The van der Waals surface area contributed by atoms with Crippen molar-refractivity contribution in [1.82, 2.24) is 25.1 Å². The Bertz CT molecular complexity index is 1440. The number of rotatable bonds is 10. The molecule has 9 nitrogen and oxygen atoms in total. The quantitative estimate of drug-likeness (QED) is 0.337. The van der Waals surface area contributed by atoms with Gasteiger partial charge in [-0.2, -0.15) is 5.10 Å². The molecule has 2 aromatic carbocycles. The molecule has 1 unspecified atom stereocenters. The minimum Gasteiger partial charge on any atom is -0.353 e. The zero-order chi connectivity index (χ0) is 27.7. The second-order valence-corrected chi connectivity index (χ2v) is 12.5. The van der Waals surface area contributed by atoms with E-state index in [0.717, 1.165) is 0 Å². The molecule has 1 aromatic heterocycles. The van der Waals surface area contributed by atoms with Crippen molar-refractivity contribution in [3.8, 4) is 0 Å². The number of para-hydroxylation sites is 1. The Morgan fingerprint density at radius 3 is 2.39 bits per heavy atom. The van der Waals surface area contributed by atoms with Gasteiger partial charge in [0.1, 0.15) is 23.2 Å². The monoisotopic (exact) mass is 547 g/mol. The van der Waals surface area contributed by atoms with E-state index in [4.69, 9.17) is 0 Å². The van der Waals surface area contributed by atoms with Crippen LogP contribution in [0.4, 0.5) is 8.78 Å². The molecule has 1 heterocycles. The van der Waals surface area contributed by atoms with Crippen LogP contribution in [-0.4, -0.2) is 54.4 Å². The van der Waals surface area contributed by atoms with Crippen molar-refractivity contribution in [2.75, 3.05) is 13.1 Å². The van der Waals surface area contributed by atoms with Crippen LogP contribution in [0.5, 0.6) is 0 Å². The third kappa shape index (κ3) is 6.36. The molecule has 1 aliphatic rings. The largest absolute Gasteiger partial charge is 0.353 e. The maximum atomic E-state index is 14.8. The summed E-state index contributed by atoms with van der Waals surface area (Å²) in [7, 11) is -3.37. The minimum absolute atomic E-state index is 0.0348. The lowest BCUT2D eigenvalue weighted by molar-refractivity contribution is -0.125. The maximum Gasteiger partial charge on any atom is 0.273 e. The van der Waals surface area contributed by atoms with Crippen LogP contribution in [0.3, 0.4) is 0 Å². The van der Waals surface area contributed by atoms with E-state index in [9.17, 15) is 26.8 Å². The number of carbonyl (C=O) groups excluding carboxylic acids is 2. The van der Waals surface area contributed by atoms with E-state index < -0.39 is 44.9 Å². The Hall–Kier alpha value is -3.38. The maximum absolute atomic E-state index is 14.8. The highest BCUT2D eigenvalue weighted by atomic mass is 32.2. The SMILES string of the molecule is CC(C)(C)C(NC(=O)c1nn(Cc2ccc(F)cc2)c2c(F)cccc12)C(=O)NCCNS(=O)(=O)C1CC1. The van der Waals surface area contributed by atoms with Crippen molar-refractivity contribution in [3.05, 3.63) is 65.4 Å². The molecule has 0 aliphatic heterocycles. The van der Waals surface area contributed by atoms with Crippen molar-refractivity contribution in [1.29, 1.82) is 0 Å². The molecule has 0 radical (unpaired) electrons. The summed E-state index contributed by atoms with van der Waals surface area (Å²) in [5.74, 6) is -2.13. The molecule has 1 fully saturated rings. The number of fused-ring (bicyclic) bond motifs is 1. The van der Waals surface area contributed by atoms with Crippen molar-refractivity contribution >= 4 is 32.7 Å². The van der Waals surface area contributed by atoms with E-state index in [1.54, 1.807) is 39.0 Å². The topological polar surface area (TPSA) is 122 Å². The van der Waals surface area contributed by atoms with Crippen LogP contribution in [0.1, 0.15) is 49.7 Å². The molecule has 204 valence electrons. The third-order valence-corrected chi connectivity index (χ3v) is 8.23. The fraction of sp³-hybridized carbons (Fsp3) is 0.423. The number of nitrogens with zero attached hydrogens (tertiary/aromatic N) is 2. The molecule has 0 saturated heterocycles. The minimum atomic E-state index is -3.37. The summed E-state index contributed by atoms with van der Waals surface area (Å²) in [6.07, 6.45) is 1.27. The van der Waals surface area contributed by atoms with Gasteiger partial charge in [0.25, 0.3) is 5.91 Å². The van der Waals surface area contributed by atoms with Gasteiger partial charge in [0.15, 0.2) is 5.69 Å². The Morgan fingerprint density at radius 1 is 1.08 bits per heavy atom. The normalized spacial score (nSPS) is 14.9. The number of carbonyl (C=O) groups is 2. The number of hydrogen-bond acceptors (Lipinski definition) is 5. The summed E-state index contributed by atoms with van der Waals surface area (Å²) in [6, 6.07) is 8.98. The second-order valence-electron chi connectivity index (χ2n) is 10.5. The lowest BCUT2D eigenvalue weighted by Crippen LogP contribution is -2.54. The number of nitrogens with one attached hydrogen (secondary N) is 3. The Kier molecular flexibility index (Phi) is 7.84. The number of halogens is 2. The van der Waals surface area contributed by atoms with Gasteiger partial charge in [0.2, 0.25) is 15.9 Å². The standard InChI is InChI=1S/C26H31F2N5O4S/c1-26(2,3)23(25(35)29-13-14-30-38(36,37)18-11-12-18)31-24(34)21-19-5-4-6-20(28)22(19)33(32-21)15-16-7-9-17(27)10-8-16/h4-10,18,23,30H,11-15H2,1-3H3,(H,29,35)(H,31,34). The van der Waals surface area contributed by atoms with E-state index in [2.05, 4.69) is 20.5 Å². The highest BCUT2D eigenvalue weighted by Crippen LogP contribution is 2.27. The molecule has 0 bridgehead atoms. The van der Waals surface area contributed by atoms with Crippen LogP contribution >= 0.6 is 0 Å². The molecule has 38 heavy (non-hydrogen) atoms. The highest BCUT2D eigenvalue weighted by molar-refractivity contribution is 7.90. The van der Waals surface area contributed by atoms with Crippen molar-refractivity contribution in [3.63, 3.8) is 0 Å². The molecule has 1 saturated carbocycles. The first-order valence-corrected chi connectivity index (χ1v) is 13.9. The molecule has 2 amide bonds. The van der Waals surface area contributed by atoms with Gasteiger partial charge in [-0.25, -0.2) is 21.9 Å². The van der Waals surface area contributed by atoms with E-state index in [-0.39, 0.29) is 41.5 Å². The average Bonchev–Trinajstić information content (AvgIpc) is 3.64. The third-order valence-electron chi connectivity index (χ3n) is 6.28. The first kappa shape index (κ1) is 27.6. The van der Waals surface area contributed by atoms with E-state index in [1.165, 1.54) is 28.9 Å². The van der Waals surface area contributed by atoms with Gasteiger partial charge >= 0.3 is 0 Å². The van der Waals surface area contributed by atoms with Gasteiger partial charge in [-0.05, 0) is 42.0 Å². The summed E-state index contributed by atoms with van der Waals surface area (Å²) in [6.45, 7) is 5.51. The number of aromatic nitrogens is 2. The van der Waals surface area contributed by atoms with Crippen LogP contribution < -0.4 is 15.4 Å². The zero-order valence-corrected chi connectivity index (χ0v) is 22.2. The molecule has 0 spiro atoms. The van der Waals surface area contributed by atoms with Crippen LogP contribution in [0.25, 0.3) is 10.9 Å². The molecule has 1 atom stereocenters. The van der Waals surface area contributed by atoms with Crippen molar-refractivity contribution in [2.24, 2.45) is 5.41 Å². The van der Waals surface area contributed by atoms with Crippen molar-refractivity contribution < 1.29 is 26.8 Å². The number of benzene rings is 2. The first-order valence-electron chi connectivity index (χ1n) is 12.3. The van der Waals surface area contributed by atoms with Crippen molar-refractivity contribution in [2.45, 2.75) is 51.4 Å². The fourth-order valence-electron chi connectivity index (χ4n) is 4.09. The average molecular weight is 548 g/mol. The first-order chi connectivity index (χ1) is 17.9. The van der Waals surface area contributed by atoms with Gasteiger partial charge in [0.05, 0.1) is 11.8 Å². The number of sulfonamides is 1. The van der Waals surface area contributed by atoms with Gasteiger partial charge in [-0.3, -0.25) is 14.3 Å². The molecule has 12 heteroatoms. The van der Waals surface area contributed by atoms with Crippen LogP contribution in [0.15, 0.2) is 42.5 Å². The summed E-state index contributed by atoms with van der Waals surface area (Å²) in [5, 5.41) is 9.65. The Balaban J connectivity index is 1.51. The lowest BCUT2D eigenvalue weighted by atomic mass is 9.86. The smallest absolute Gasteiger partial charge is 0.273 e. The number of hydrogen-bond donors (Lipinski definition) is 3.